The van der Waals surface area contributed by atoms with E-state index in [0.717, 1.165) is 24.5 Å². The van der Waals surface area contributed by atoms with Crippen molar-refractivity contribution in [1.29, 1.82) is 0 Å². The molecule has 1 fully saturated rings. The molecule has 3 rings (SSSR count). The predicted octanol–water partition coefficient (Wildman–Crippen LogP) is 1.27. The fraction of sp³-hybridized carbons (Fsp3) is 0.333. The van der Waals surface area contributed by atoms with Gasteiger partial charge in [-0.25, -0.2) is 15.0 Å². The van der Waals surface area contributed by atoms with E-state index in [1.54, 1.807) is 18.3 Å². The third-order valence-electron chi connectivity index (χ3n) is 3.37. The molecular formula is C15H17N5O2. The minimum atomic E-state index is -0.298. The van der Waals surface area contributed by atoms with Crippen LogP contribution in [0.5, 0.6) is 0 Å². The van der Waals surface area contributed by atoms with Gasteiger partial charge in [-0.3, -0.25) is 4.79 Å². The Bertz CT molecular complexity index is 653. The zero-order valence-electron chi connectivity index (χ0n) is 12.3. The average molecular weight is 299 g/mol. The van der Waals surface area contributed by atoms with Crippen LogP contribution in [-0.2, 0) is 4.74 Å². The number of nitrogens with one attached hydrogen (secondary N) is 1. The Hall–Kier alpha value is -2.54. The largest absolute Gasteiger partial charge is 0.378 e. The van der Waals surface area contributed by atoms with E-state index in [-0.39, 0.29) is 5.91 Å². The van der Waals surface area contributed by atoms with E-state index in [9.17, 15) is 4.79 Å². The minimum Gasteiger partial charge on any atom is -0.378 e. The number of aryl methyl sites for hydroxylation is 1. The fourth-order valence-electron chi connectivity index (χ4n) is 2.16. The molecule has 0 aromatic carbocycles. The Morgan fingerprint density at radius 3 is 2.77 bits per heavy atom. The van der Waals surface area contributed by atoms with Crippen molar-refractivity contribution >= 4 is 17.5 Å². The zero-order valence-corrected chi connectivity index (χ0v) is 12.3. The van der Waals surface area contributed by atoms with Gasteiger partial charge < -0.3 is 15.0 Å². The van der Waals surface area contributed by atoms with Gasteiger partial charge in [0.1, 0.15) is 23.7 Å². The molecule has 0 saturated carbocycles. The molecule has 0 aliphatic carbocycles. The summed E-state index contributed by atoms with van der Waals surface area (Å²) in [7, 11) is 0. The highest BCUT2D eigenvalue weighted by Crippen LogP contribution is 2.14. The van der Waals surface area contributed by atoms with Crippen molar-refractivity contribution in [2.75, 3.05) is 36.5 Å². The highest BCUT2D eigenvalue weighted by atomic mass is 16.5. The highest BCUT2D eigenvalue weighted by Gasteiger charge is 2.15. The molecule has 7 nitrogen and oxygen atoms in total. The van der Waals surface area contributed by atoms with Crippen LogP contribution < -0.4 is 10.2 Å². The van der Waals surface area contributed by atoms with Crippen molar-refractivity contribution in [2.45, 2.75) is 6.92 Å². The van der Waals surface area contributed by atoms with Crippen LogP contribution in [0, 0.1) is 6.92 Å². The molecule has 1 aliphatic rings. The maximum absolute atomic E-state index is 12.2. The van der Waals surface area contributed by atoms with Crippen LogP contribution in [0.2, 0.25) is 0 Å². The molecule has 0 unspecified atom stereocenters. The maximum atomic E-state index is 12.2. The summed E-state index contributed by atoms with van der Waals surface area (Å²) in [4.78, 5) is 26.7. The van der Waals surface area contributed by atoms with Crippen LogP contribution in [0.25, 0.3) is 0 Å². The molecule has 3 heterocycles. The van der Waals surface area contributed by atoms with E-state index in [4.69, 9.17) is 4.74 Å². The van der Waals surface area contributed by atoms with Gasteiger partial charge in [0, 0.05) is 25.4 Å². The number of ether oxygens (including phenoxy) is 1. The SMILES string of the molecule is Cc1ccc(NC(=O)c2cc(N3CCOCC3)ncn2)nc1. The van der Waals surface area contributed by atoms with Crippen LogP contribution in [0.4, 0.5) is 11.6 Å². The van der Waals surface area contributed by atoms with Crippen molar-refractivity contribution in [3.05, 3.63) is 42.0 Å². The van der Waals surface area contributed by atoms with Crippen LogP contribution in [-0.4, -0.2) is 47.2 Å². The first-order valence-electron chi connectivity index (χ1n) is 7.11. The smallest absolute Gasteiger partial charge is 0.275 e. The molecule has 7 heteroatoms. The number of rotatable bonds is 3. The van der Waals surface area contributed by atoms with E-state index in [2.05, 4.69) is 25.2 Å². The standard InChI is InChI=1S/C15H17N5O2/c1-11-2-3-13(16-9-11)19-15(21)12-8-14(18-10-17-12)20-4-6-22-7-5-20/h2-3,8-10H,4-7H2,1H3,(H,16,19,21). The Morgan fingerprint density at radius 2 is 2.05 bits per heavy atom. The second kappa shape index (κ2) is 6.48. The molecule has 0 atom stereocenters. The van der Waals surface area contributed by atoms with Crippen molar-refractivity contribution in [3.8, 4) is 0 Å². The van der Waals surface area contributed by atoms with Crippen LogP contribution in [0.1, 0.15) is 16.1 Å². The summed E-state index contributed by atoms with van der Waals surface area (Å²) >= 11 is 0. The first-order valence-corrected chi connectivity index (χ1v) is 7.11. The lowest BCUT2D eigenvalue weighted by atomic mass is 10.3. The van der Waals surface area contributed by atoms with E-state index in [0.29, 0.717) is 24.7 Å². The lowest BCUT2D eigenvalue weighted by molar-refractivity contribution is 0.102. The van der Waals surface area contributed by atoms with Crippen molar-refractivity contribution in [2.24, 2.45) is 0 Å². The van der Waals surface area contributed by atoms with Gasteiger partial charge in [-0.1, -0.05) is 6.07 Å². The number of hydrogen-bond acceptors (Lipinski definition) is 6. The quantitative estimate of drug-likeness (QED) is 0.919. The Morgan fingerprint density at radius 1 is 1.23 bits per heavy atom. The maximum Gasteiger partial charge on any atom is 0.275 e. The van der Waals surface area contributed by atoms with Crippen LogP contribution >= 0.6 is 0 Å². The summed E-state index contributed by atoms with van der Waals surface area (Å²) in [5.74, 6) is 0.940. The molecule has 2 aromatic heterocycles. The molecule has 22 heavy (non-hydrogen) atoms. The predicted molar refractivity (Wildman–Crippen MR) is 82.0 cm³/mol. The number of carbonyl (C=O) groups is 1. The van der Waals surface area contributed by atoms with Crippen molar-refractivity contribution < 1.29 is 9.53 Å². The van der Waals surface area contributed by atoms with Gasteiger partial charge in [0.15, 0.2) is 0 Å². The van der Waals surface area contributed by atoms with Crippen molar-refractivity contribution in [3.63, 3.8) is 0 Å². The first-order chi connectivity index (χ1) is 10.7. The van der Waals surface area contributed by atoms with Gasteiger partial charge in [-0.2, -0.15) is 0 Å². The highest BCUT2D eigenvalue weighted by molar-refractivity contribution is 6.02. The summed E-state index contributed by atoms with van der Waals surface area (Å²) in [6, 6.07) is 5.34. The van der Waals surface area contributed by atoms with Crippen molar-refractivity contribution in [1.82, 2.24) is 15.0 Å². The van der Waals surface area contributed by atoms with Gasteiger partial charge in [-0.05, 0) is 18.6 Å². The summed E-state index contributed by atoms with van der Waals surface area (Å²) < 4.78 is 5.31. The van der Waals surface area contributed by atoms with Gasteiger partial charge in [0.05, 0.1) is 13.2 Å². The van der Waals surface area contributed by atoms with Gasteiger partial charge >= 0.3 is 0 Å². The number of aromatic nitrogens is 3. The molecule has 1 aliphatic heterocycles. The normalized spacial score (nSPS) is 14.7. The van der Waals surface area contributed by atoms with Crippen LogP contribution in [0.3, 0.4) is 0 Å². The number of morpholine rings is 1. The molecule has 0 bridgehead atoms. The molecule has 1 saturated heterocycles. The topological polar surface area (TPSA) is 80.2 Å². The third kappa shape index (κ3) is 3.37. The number of carbonyl (C=O) groups excluding carboxylic acids is 1. The van der Waals surface area contributed by atoms with E-state index in [1.807, 2.05) is 13.0 Å². The van der Waals surface area contributed by atoms with Gasteiger partial charge in [0.2, 0.25) is 0 Å². The lowest BCUT2D eigenvalue weighted by Crippen LogP contribution is -2.37. The van der Waals surface area contributed by atoms with Gasteiger partial charge in [0.25, 0.3) is 5.91 Å². The second-order valence-electron chi connectivity index (χ2n) is 5.04. The number of amides is 1. The number of hydrogen-bond donors (Lipinski definition) is 1. The summed E-state index contributed by atoms with van der Waals surface area (Å²) in [6.45, 7) is 4.80. The minimum absolute atomic E-state index is 0.298. The Labute approximate surface area is 128 Å². The van der Waals surface area contributed by atoms with Crippen LogP contribution in [0.15, 0.2) is 30.7 Å². The monoisotopic (exact) mass is 299 g/mol. The Balaban J connectivity index is 1.73. The number of nitrogens with zero attached hydrogens (tertiary/aromatic N) is 4. The van der Waals surface area contributed by atoms with E-state index >= 15 is 0 Å². The lowest BCUT2D eigenvalue weighted by Gasteiger charge is -2.27. The summed E-state index contributed by atoms with van der Waals surface area (Å²) in [6.07, 6.45) is 3.11. The summed E-state index contributed by atoms with van der Waals surface area (Å²) in [5, 5.41) is 2.73. The fourth-order valence-corrected chi connectivity index (χ4v) is 2.16. The molecular weight excluding hydrogens is 282 g/mol. The van der Waals surface area contributed by atoms with Gasteiger partial charge in [-0.15, -0.1) is 0 Å². The molecule has 114 valence electrons. The third-order valence-corrected chi connectivity index (χ3v) is 3.37. The van der Waals surface area contributed by atoms with E-state index in [1.165, 1.54) is 6.33 Å². The molecule has 1 amide bonds. The average Bonchev–Trinajstić information content (AvgIpc) is 2.58. The summed E-state index contributed by atoms with van der Waals surface area (Å²) in [5.41, 5.74) is 1.36. The zero-order chi connectivity index (χ0) is 15.4. The molecule has 0 radical (unpaired) electrons. The number of anilines is 2. The number of pyridine rings is 1. The van der Waals surface area contributed by atoms with E-state index < -0.39 is 0 Å². The molecule has 2 aromatic rings. The first kappa shape index (κ1) is 14.4. The molecule has 1 N–H and O–H groups in total. The second-order valence-corrected chi connectivity index (χ2v) is 5.04. The Kier molecular flexibility index (Phi) is 4.24. The molecule has 0 spiro atoms.